The summed E-state index contributed by atoms with van der Waals surface area (Å²) in [5.41, 5.74) is 0.341. The lowest BCUT2D eigenvalue weighted by molar-refractivity contribution is 0.112. The Labute approximate surface area is 105 Å². The monoisotopic (exact) mass is 295 g/mol. The number of benzene rings is 1. The molecule has 0 atom stereocenters. The minimum Gasteiger partial charge on any atom is -0.438 e. The average Bonchev–Trinajstić information content (AvgIpc) is 2.34. The molecule has 0 fully saturated rings. The van der Waals surface area contributed by atoms with Crippen molar-refractivity contribution in [1.29, 1.82) is 0 Å². The molecule has 0 aliphatic heterocycles. The predicted octanol–water partition coefficient (Wildman–Crippen LogP) is 3.59. The SMILES string of the molecule is O=Cc1cccnc1Oc1ccc(F)c(Br)c1. The third kappa shape index (κ3) is 2.68. The van der Waals surface area contributed by atoms with Crippen molar-refractivity contribution < 1.29 is 13.9 Å². The summed E-state index contributed by atoms with van der Waals surface area (Å²) in [7, 11) is 0. The lowest BCUT2D eigenvalue weighted by Crippen LogP contribution is -1.93. The van der Waals surface area contributed by atoms with Gasteiger partial charge in [-0.2, -0.15) is 0 Å². The number of nitrogens with zero attached hydrogens (tertiary/aromatic N) is 1. The van der Waals surface area contributed by atoms with E-state index in [-0.39, 0.29) is 11.7 Å². The number of carbonyl (C=O) groups excluding carboxylic acids is 1. The highest BCUT2D eigenvalue weighted by Gasteiger charge is 2.06. The van der Waals surface area contributed by atoms with E-state index < -0.39 is 0 Å². The summed E-state index contributed by atoms with van der Waals surface area (Å²) in [6.45, 7) is 0. The molecule has 0 spiro atoms. The molecule has 0 aliphatic rings. The normalized spacial score (nSPS) is 10.0. The highest BCUT2D eigenvalue weighted by atomic mass is 79.9. The maximum Gasteiger partial charge on any atom is 0.229 e. The quantitative estimate of drug-likeness (QED) is 0.813. The molecule has 0 amide bonds. The Hall–Kier alpha value is -1.75. The van der Waals surface area contributed by atoms with E-state index in [1.807, 2.05) is 0 Å². The lowest BCUT2D eigenvalue weighted by atomic mass is 10.3. The first kappa shape index (κ1) is 11.7. The summed E-state index contributed by atoms with van der Waals surface area (Å²) in [6, 6.07) is 7.43. The number of carbonyl (C=O) groups is 1. The summed E-state index contributed by atoms with van der Waals surface area (Å²) in [5.74, 6) is 0.218. The number of aldehydes is 1. The van der Waals surface area contributed by atoms with Crippen molar-refractivity contribution in [3.63, 3.8) is 0 Å². The molecule has 2 aromatic rings. The van der Waals surface area contributed by atoms with Crippen LogP contribution in [0.3, 0.4) is 0 Å². The molecular formula is C12H7BrFNO2. The van der Waals surface area contributed by atoms with Gasteiger partial charge in [0.2, 0.25) is 5.88 Å². The Morgan fingerprint density at radius 2 is 2.18 bits per heavy atom. The highest BCUT2D eigenvalue weighted by molar-refractivity contribution is 9.10. The number of aromatic nitrogens is 1. The molecule has 1 aromatic carbocycles. The van der Waals surface area contributed by atoms with Gasteiger partial charge < -0.3 is 4.74 Å². The van der Waals surface area contributed by atoms with Gasteiger partial charge in [-0.25, -0.2) is 9.37 Å². The highest BCUT2D eigenvalue weighted by Crippen LogP contribution is 2.26. The maximum absolute atomic E-state index is 13.0. The standard InChI is InChI=1S/C12H7BrFNO2/c13-10-6-9(3-4-11(10)14)17-12-8(7-16)2-1-5-15-12/h1-7H. The van der Waals surface area contributed by atoms with Crippen LogP contribution >= 0.6 is 15.9 Å². The second-order valence-electron chi connectivity index (χ2n) is 3.19. The van der Waals surface area contributed by atoms with Crippen molar-refractivity contribution in [3.05, 3.63) is 52.4 Å². The van der Waals surface area contributed by atoms with Crippen molar-refractivity contribution in [2.45, 2.75) is 0 Å². The number of halogens is 2. The van der Waals surface area contributed by atoms with Crippen molar-refractivity contribution >= 4 is 22.2 Å². The Morgan fingerprint density at radius 1 is 1.35 bits per heavy atom. The number of ether oxygens (including phenoxy) is 1. The number of hydrogen-bond donors (Lipinski definition) is 0. The van der Waals surface area contributed by atoms with Crippen molar-refractivity contribution in [3.8, 4) is 11.6 Å². The molecular weight excluding hydrogens is 289 g/mol. The summed E-state index contributed by atoms with van der Waals surface area (Å²) in [5, 5.41) is 0. The zero-order chi connectivity index (χ0) is 12.3. The van der Waals surface area contributed by atoms with E-state index in [2.05, 4.69) is 20.9 Å². The molecule has 0 aliphatic carbocycles. The summed E-state index contributed by atoms with van der Waals surface area (Å²) in [4.78, 5) is 14.7. The van der Waals surface area contributed by atoms with E-state index in [0.29, 0.717) is 22.1 Å². The van der Waals surface area contributed by atoms with E-state index in [4.69, 9.17) is 4.74 Å². The van der Waals surface area contributed by atoms with E-state index >= 15 is 0 Å². The number of pyridine rings is 1. The van der Waals surface area contributed by atoms with Crippen LogP contribution in [0, 0.1) is 5.82 Å². The largest absolute Gasteiger partial charge is 0.438 e. The van der Waals surface area contributed by atoms with Gasteiger partial charge in [-0.3, -0.25) is 4.79 Å². The van der Waals surface area contributed by atoms with Crippen LogP contribution in [-0.2, 0) is 0 Å². The Kier molecular flexibility index (Phi) is 3.49. The van der Waals surface area contributed by atoms with E-state index in [9.17, 15) is 9.18 Å². The lowest BCUT2D eigenvalue weighted by Gasteiger charge is -2.06. The van der Waals surface area contributed by atoms with Crippen LogP contribution in [0.4, 0.5) is 4.39 Å². The van der Waals surface area contributed by atoms with Gasteiger partial charge >= 0.3 is 0 Å². The minimum atomic E-state index is -0.381. The fourth-order valence-electron chi connectivity index (χ4n) is 1.23. The van der Waals surface area contributed by atoms with Crippen LogP contribution < -0.4 is 4.74 Å². The smallest absolute Gasteiger partial charge is 0.229 e. The van der Waals surface area contributed by atoms with Gasteiger partial charge in [-0.15, -0.1) is 0 Å². The molecule has 0 radical (unpaired) electrons. The van der Waals surface area contributed by atoms with E-state index in [0.717, 1.165) is 0 Å². The predicted molar refractivity (Wildman–Crippen MR) is 63.8 cm³/mol. The molecule has 0 N–H and O–H groups in total. The van der Waals surface area contributed by atoms with Crippen LogP contribution in [0.5, 0.6) is 11.6 Å². The average molecular weight is 296 g/mol. The molecule has 5 heteroatoms. The van der Waals surface area contributed by atoms with Crippen molar-refractivity contribution in [2.75, 3.05) is 0 Å². The van der Waals surface area contributed by atoms with Gasteiger partial charge in [0.15, 0.2) is 6.29 Å². The first-order valence-electron chi connectivity index (χ1n) is 4.74. The summed E-state index contributed by atoms with van der Waals surface area (Å²) in [6.07, 6.45) is 2.17. The van der Waals surface area contributed by atoms with Gasteiger partial charge in [0.25, 0.3) is 0 Å². The summed E-state index contributed by atoms with van der Waals surface area (Å²) >= 11 is 3.05. The van der Waals surface area contributed by atoms with Crippen LogP contribution in [0.1, 0.15) is 10.4 Å². The van der Waals surface area contributed by atoms with E-state index in [1.165, 1.54) is 24.4 Å². The van der Waals surface area contributed by atoms with Gasteiger partial charge in [0, 0.05) is 6.20 Å². The summed E-state index contributed by atoms with van der Waals surface area (Å²) < 4.78 is 18.7. The third-order valence-corrected chi connectivity index (χ3v) is 2.64. The first-order chi connectivity index (χ1) is 8.20. The fraction of sp³-hybridized carbons (Fsp3) is 0. The van der Waals surface area contributed by atoms with E-state index in [1.54, 1.807) is 12.1 Å². The zero-order valence-corrected chi connectivity index (χ0v) is 10.1. The Balaban J connectivity index is 2.31. The molecule has 0 bridgehead atoms. The van der Waals surface area contributed by atoms with Crippen LogP contribution in [0.15, 0.2) is 41.0 Å². The van der Waals surface area contributed by atoms with Gasteiger partial charge in [-0.05, 0) is 46.3 Å². The molecule has 0 saturated heterocycles. The molecule has 3 nitrogen and oxygen atoms in total. The van der Waals surface area contributed by atoms with Gasteiger partial charge in [0.05, 0.1) is 10.0 Å². The van der Waals surface area contributed by atoms with Gasteiger partial charge in [0.1, 0.15) is 11.6 Å². The molecule has 0 saturated carbocycles. The second-order valence-corrected chi connectivity index (χ2v) is 4.05. The van der Waals surface area contributed by atoms with Gasteiger partial charge in [-0.1, -0.05) is 0 Å². The first-order valence-corrected chi connectivity index (χ1v) is 5.53. The molecule has 0 unspecified atom stereocenters. The van der Waals surface area contributed by atoms with Crippen LogP contribution in [0.25, 0.3) is 0 Å². The molecule has 1 aromatic heterocycles. The fourth-order valence-corrected chi connectivity index (χ4v) is 1.59. The topological polar surface area (TPSA) is 39.2 Å². The zero-order valence-electron chi connectivity index (χ0n) is 8.56. The molecule has 2 rings (SSSR count). The third-order valence-electron chi connectivity index (χ3n) is 2.03. The maximum atomic E-state index is 13.0. The Bertz CT molecular complexity index is 560. The van der Waals surface area contributed by atoms with Crippen LogP contribution in [0.2, 0.25) is 0 Å². The minimum absolute atomic E-state index is 0.195. The molecule has 17 heavy (non-hydrogen) atoms. The number of hydrogen-bond acceptors (Lipinski definition) is 3. The molecule has 1 heterocycles. The van der Waals surface area contributed by atoms with Crippen molar-refractivity contribution in [2.24, 2.45) is 0 Å². The number of rotatable bonds is 3. The Morgan fingerprint density at radius 3 is 2.88 bits per heavy atom. The second kappa shape index (κ2) is 5.05. The molecule has 86 valence electrons. The van der Waals surface area contributed by atoms with Crippen molar-refractivity contribution in [1.82, 2.24) is 4.98 Å². The van der Waals surface area contributed by atoms with Crippen LogP contribution in [-0.4, -0.2) is 11.3 Å².